The fourth-order valence-corrected chi connectivity index (χ4v) is 5.59. The molecule has 37 heavy (non-hydrogen) atoms. The van der Waals surface area contributed by atoms with Gasteiger partial charge >= 0.3 is 12.1 Å². The van der Waals surface area contributed by atoms with Crippen LogP contribution in [0, 0.1) is 0 Å². The van der Waals surface area contributed by atoms with Crippen molar-refractivity contribution in [1.82, 2.24) is 14.7 Å². The summed E-state index contributed by atoms with van der Waals surface area (Å²) in [6.07, 6.45) is -2.01. The molecule has 0 spiro atoms. The molecule has 14 heteroatoms. The number of pyridine rings is 1. The van der Waals surface area contributed by atoms with E-state index in [4.69, 9.17) is 14.6 Å². The van der Waals surface area contributed by atoms with Gasteiger partial charge in [-0.15, -0.1) is 11.3 Å². The third-order valence-corrected chi connectivity index (χ3v) is 7.75. The van der Waals surface area contributed by atoms with E-state index in [1.807, 2.05) is 29.8 Å². The molecule has 2 aromatic heterocycles. The van der Waals surface area contributed by atoms with Gasteiger partial charge in [-0.25, -0.2) is 22.9 Å². The van der Waals surface area contributed by atoms with Crippen LogP contribution < -0.4 is 10.0 Å². The average molecular weight is 555 g/mol. The van der Waals surface area contributed by atoms with E-state index in [9.17, 15) is 21.6 Å². The van der Waals surface area contributed by atoms with E-state index < -0.39 is 22.2 Å². The molecule has 0 radical (unpaired) electrons. The number of nitrogens with one attached hydrogen (secondary N) is 2. The number of thiazole rings is 1. The molecule has 9 nitrogen and oxygen atoms in total. The van der Waals surface area contributed by atoms with Crippen molar-refractivity contribution in [1.29, 1.82) is 0 Å². The highest BCUT2D eigenvalue weighted by Gasteiger charge is 2.38. The van der Waals surface area contributed by atoms with Gasteiger partial charge in [0.2, 0.25) is 10.0 Å². The highest BCUT2D eigenvalue weighted by molar-refractivity contribution is 7.89. The number of sulfonamides is 1. The van der Waals surface area contributed by atoms with E-state index in [0.717, 1.165) is 32.5 Å². The van der Waals surface area contributed by atoms with Gasteiger partial charge in [0, 0.05) is 42.2 Å². The number of ether oxygens (including phenoxy) is 1. The summed E-state index contributed by atoms with van der Waals surface area (Å²) in [4.78, 5) is 17.9. The number of hydrogen-bond acceptors (Lipinski definition) is 8. The van der Waals surface area contributed by atoms with Gasteiger partial charge in [-0.05, 0) is 55.3 Å². The molecule has 5 rings (SSSR count). The number of nitrogens with zero attached hydrogens (tertiary/aromatic N) is 2. The maximum Gasteiger partial charge on any atom is 0.490 e. The zero-order valence-electron chi connectivity index (χ0n) is 19.0. The number of halogens is 3. The van der Waals surface area contributed by atoms with Crippen LogP contribution in [0.4, 0.5) is 24.5 Å². The Kier molecular flexibility index (Phi) is 7.92. The SMILES string of the molecule is O=C(O)C(F)(F)F.O=S(=O)(NC1CCOCC1)c1ccc2nccc(Nc3ccc4scnc4c3)c2c1. The number of anilines is 2. The van der Waals surface area contributed by atoms with Crippen LogP contribution in [0.1, 0.15) is 12.8 Å². The average Bonchev–Trinajstić information content (AvgIpc) is 3.32. The number of rotatable bonds is 5. The molecule has 3 heterocycles. The van der Waals surface area contributed by atoms with Crippen molar-refractivity contribution >= 4 is 59.8 Å². The van der Waals surface area contributed by atoms with Crippen molar-refractivity contribution in [2.75, 3.05) is 18.5 Å². The predicted molar refractivity (Wildman–Crippen MR) is 132 cm³/mol. The molecule has 1 saturated heterocycles. The summed E-state index contributed by atoms with van der Waals surface area (Å²) in [7, 11) is -3.63. The predicted octanol–water partition coefficient (Wildman–Crippen LogP) is 4.68. The normalized spacial score (nSPS) is 14.8. The van der Waals surface area contributed by atoms with Crippen LogP contribution >= 0.6 is 11.3 Å². The van der Waals surface area contributed by atoms with Crippen molar-refractivity contribution in [2.45, 2.75) is 30.0 Å². The highest BCUT2D eigenvalue weighted by atomic mass is 32.2. The van der Waals surface area contributed by atoms with Crippen molar-refractivity contribution in [3.8, 4) is 0 Å². The molecule has 4 aromatic rings. The zero-order chi connectivity index (χ0) is 26.6. The van der Waals surface area contributed by atoms with E-state index in [0.29, 0.717) is 26.1 Å². The third kappa shape index (κ3) is 6.71. The molecule has 0 saturated carbocycles. The number of alkyl halides is 3. The molecule has 1 fully saturated rings. The molecule has 3 N–H and O–H groups in total. The number of aromatic nitrogens is 2. The number of benzene rings is 2. The van der Waals surface area contributed by atoms with Crippen molar-refractivity contribution in [3.05, 3.63) is 54.2 Å². The topological polar surface area (TPSA) is 131 Å². The fourth-order valence-electron chi connectivity index (χ4n) is 3.60. The van der Waals surface area contributed by atoms with Crippen molar-refractivity contribution in [3.63, 3.8) is 0 Å². The lowest BCUT2D eigenvalue weighted by molar-refractivity contribution is -0.192. The molecule has 1 aliphatic rings. The molecule has 2 aromatic carbocycles. The number of carboxylic acid groups (broad SMARTS) is 1. The minimum absolute atomic E-state index is 0.101. The molecule has 0 amide bonds. The van der Waals surface area contributed by atoms with E-state index in [-0.39, 0.29) is 10.9 Å². The monoisotopic (exact) mass is 554 g/mol. The molecule has 0 aliphatic carbocycles. The van der Waals surface area contributed by atoms with Crippen LogP contribution in [-0.4, -0.2) is 54.9 Å². The lowest BCUT2D eigenvalue weighted by Gasteiger charge is -2.23. The molecule has 0 bridgehead atoms. The maximum atomic E-state index is 12.9. The molecule has 0 atom stereocenters. The van der Waals surface area contributed by atoms with Crippen LogP contribution in [0.25, 0.3) is 21.1 Å². The van der Waals surface area contributed by atoms with Gasteiger partial charge in [0.25, 0.3) is 0 Å². The maximum absolute atomic E-state index is 12.9. The second kappa shape index (κ2) is 11.0. The number of fused-ring (bicyclic) bond motifs is 2. The van der Waals surface area contributed by atoms with Crippen LogP contribution in [0.3, 0.4) is 0 Å². The second-order valence-corrected chi connectivity index (χ2v) is 10.6. The van der Waals surface area contributed by atoms with E-state index >= 15 is 0 Å². The van der Waals surface area contributed by atoms with Crippen LogP contribution in [0.2, 0.25) is 0 Å². The summed E-state index contributed by atoms with van der Waals surface area (Å²) in [5.41, 5.74) is 5.14. The summed E-state index contributed by atoms with van der Waals surface area (Å²) in [5.74, 6) is -2.76. The Labute approximate surface area is 213 Å². The fraction of sp³-hybridized carbons (Fsp3) is 0.261. The molecule has 0 unspecified atom stereocenters. The van der Waals surface area contributed by atoms with Crippen LogP contribution in [-0.2, 0) is 19.6 Å². The summed E-state index contributed by atoms with van der Waals surface area (Å²) in [5, 5.41) is 11.2. The molecular formula is C23H21F3N4O5S2. The first kappa shape index (κ1) is 26.7. The van der Waals surface area contributed by atoms with Gasteiger partial charge < -0.3 is 15.2 Å². The highest BCUT2D eigenvalue weighted by Crippen LogP contribution is 2.29. The van der Waals surface area contributed by atoms with Crippen LogP contribution in [0.15, 0.2) is 59.1 Å². The van der Waals surface area contributed by atoms with E-state index in [1.54, 1.807) is 35.7 Å². The van der Waals surface area contributed by atoms with Crippen LogP contribution in [0.5, 0.6) is 0 Å². The number of hydrogen-bond donors (Lipinski definition) is 3. The minimum atomic E-state index is -5.08. The Hall–Kier alpha value is -3.33. The van der Waals surface area contributed by atoms with E-state index in [2.05, 4.69) is 20.0 Å². The summed E-state index contributed by atoms with van der Waals surface area (Å²) in [6.45, 7) is 1.15. The standard InChI is InChI=1S/C21H20N4O3S2.C2HF3O2/c26-30(27,25-14-6-9-28-10-7-14)16-2-3-18-17(12-16)19(5-8-22-18)24-15-1-4-21-20(11-15)23-13-29-21;3-2(4,5)1(6)7/h1-5,8,11-14,25H,6-7,9-10H2,(H,22,24);(H,6,7). The second-order valence-electron chi connectivity index (χ2n) is 8.01. The molecule has 1 aliphatic heterocycles. The summed E-state index contributed by atoms with van der Waals surface area (Å²) in [6, 6.07) is 12.7. The lowest BCUT2D eigenvalue weighted by atomic mass is 10.1. The van der Waals surface area contributed by atoms with Gasteiger partial charge in [0.1, 0.15) is 0 Å². The lowest BCUT2D eigenvalue weighted by Crippen LogP contribution is -2.38. The molecular weight excluding hydrogens is 533 g/mol. The summed E-state index contributed by atoms with van der Waals surface area (Å²) >= 11 is 1.59. The third-order valence-electron chi connectivity index (χ3n) is 5.42. The molecule has 196 valence electrons. The van der Waals surface area contributed by atoms with Gasteiger partial charge in [-0.1, -0.05) is 0 Å². The van der Waals surface area contributed by atoms with Gasteiger partial charge in [0.05, 0.1) is 26.1 Å². The van der Waals surface area contributed by atoms with Crippen molar-refractivity contribution in [2.24, 2.45) is 0 Å². The Morgan fingerprint density at radius 2 is 1.78 bits per heavy atom. The van der Waals surface area contributed by atoms with E-state index in [1.165, 1.54) is 0 Å². The first-order chi connectivity index (χ1) is 17.5. The van der Waals surface area contributed by atoms with Gasteiger partial charge in [0.15, 0.2) is 0 Å². The van der Waals surface area contributed by atoms with Gasteiger partial charge in [-0.3, -0.25) is 4.98 Å². The van der Waals surface area contributed by atoms with Gasteiger partial charge in [-0.2, -0.15) is 13.2 Å². The Balaban J connectivity index is 0.000000405. The first-order valence-corrected chi connectivity index (χ1v) is 13.3. The quantitative estimate of drug-likeness (QED) is 0.324. The summed E-state index contributed by atoms with van der Waals surface area (Å²) < 4.78 is 66.8. The Bertz CT molecular complexity index is 1520. The number of carboxylic acids is 1. The Morgan fingerprint density at radius 3 is 2.49 bits per heavy atom. The van der Waals surface area contributed by atoms with Crippen molar-refractivity contribution < 1.29 is 36.2 Å². The largest absolute Gasteiger partial charge is 0.490 e. The Morgan fingerprint density at radius 1 is 1.05 bits per heavy atom. The number of carbonyl (C=O) groups is 1. The zero-order valence-corrected chi connectivity index (χ0v) is 20.7. The minimum Gasteiger partial charge on any atom is -0.475 e. The first-order valence-electron chi connectivity index (χ1n) is 10.9. The number of aliphatic carboxylic acids is 1. The smallest absolute Gasteiger partial charge is 0.475 e.